The summed E-state index contributed by atoms with van der Waals surface area (Å²) in [7, 11) is -3.93. The summed E-state index contributed by atoms with van der Waals surface area (Å²) in [5, 5.41) is 19.3. The maximum absolute atomic E-state index is 11.7. The molecule has 1 aliphatic carbocycles. The smallest absolute Gasteiger partial charge is 0.271 e. The molecule has 0 aliphatic heterocycles. The standard InChI is InChI=1S/C14H21N3O4S/c1-10-3-2-4-11(6-5-10)16-13-9-12(17(18)19)7-8-14(13)22(15,20)21/h7-11,16H,2-6H2,1H3,(H2,15,20,21). The number of primary sulfonamides is 1. The first kappa shape index (κ1) is 16.7. The summed E-state index contributed by atoms with van der Waals surface area (Å²) < 4.78 is 23.3. The Morgan fingerprint density at radius 3 is 2.64 bits per heavy atom. The number of nitrogens with two attached hydrogens (primary N) is 1. The third kappa shape index (κ3) is 4.17. The monoisotopic (exact) mass is 327 g/mol. The lowest BCUT2D eigenvalue weighted by Crippen LogP contribution is -2.22. The number of rotatable bonds is 4. The van der Waals surface area contributed by atoms with E-state index in [0.717, 1.165) is 38.2 Å². The number of nitrogens with one attached hydrogen (secondary N) is 1. The highest BCUT2D eigenvalue weighted by Gasteiger charge is 2.22. The third-order valence-electron chi connectivity index (χ3n) is 4.10. The van der Waals surface area contributed by atoms with E-state index in [1.807, 2.05) is 0 Å². The van der Waals surface area contributed by atoms with Crippen LogP contribution in [0.5, 0.6) is 0 Å². The molecule has 22 heavy (non-hydrogen) atoms. The van der Waals surface area contributed by atoms with Gasteiger partial charge in [0.25, 0.3) is 5.69 Å². The maximum Gasteiger partial charge on any atom is 0.271 e. The van der Waals surface area contributed by atoms with Gasteiger partial charge in [-0.15, -0.1) is 0 Å². The predicted octanol–water partition coefficient (Wildman–Crippen LogP) is 2.62. The fraction of sp³-hybridized carbons (Fsp3) is 0.571. The van der Waals surface area contributed by atoms with E-state index >= 15 is 0 Å². The highest BCUT2D eigenvalue weighted by molar-refractivity contribution is 7.89. The molecule has 1 aromatic carbocycles. The second-order valence-electron chi connectivity index (χ2n) is 5.94. The minimum absolute atomic E-state index is 0.101. The molecule has 0 heterocycles. The molecule has 2 atom stereocenters. The molecular formula is C14H21N3O4S. The third-order valence-corrected chi connectivity index (χ3v) is 5.07. The number of non-ortho nitro benzene ring substituents is 1. The quantitative estimate of drug-likeness (QED) is 0.501. The van der Waals surface area contributed by atoms with Gasteiger partial charge in [0.15, 0.2) is 0 Å². The summed E-state index contributed by atoms with van der Waals surface area (Å²) in [6.07, 6.45) is 5.08. The van der Waals surface area contributed by atoms with Crippen molar-refractivity contribution in [1.82, 2.24) is 0 Å². The highest BCUT2D eigenvalue weighted by Crippen LogP contribution is 2.30. The Balaban J connectivity index is 2.30. The SMILES string of the molecule is CC1CCCC(Nc2cc([N+](=O)[O-])ccc2S(N)(=O)=O)CC1. The number of sulfonamides is 1. The van der Waals surface area contributed by atoms with Crippen molar-refractivity contribution in [2.75, 3.05) is 5.32 Å². The van der Waals surface area contributed by atoms with E-state index in [2.05, 4.69) is 12.2 Å². The fourth-order valence-corrected chi connectivity index (χ4v) is 3.53. The van der Waals surface area contributed by atoms with Gasteiger partial charge in [-0.3, -0.25) is 10.1 Å². The molecule has 0 aromatic heterocycles. The minimum Gasteiger partial charge on any atom is -0.381 e. The molecule has 1 aliphatic rings. The van der Waals surface area contributed by atoms with Gasteiger partial charge in [0.05, 0.1) is 10.6 Å². The van der Waals surface area contributed by atoms with Crippen LogP contribution in [0.2, 0.25) is 0 Å². The zero-order chi connectivity index (χ0) is 16.3. The second-order valence-corrected chi connectivity index (χ2v) is 7.47. The normalized spacial score (nSPS) is 22.8. The second kappa shape index (κ2) is 6.62. The summed E-state index contributed by atoms with van der Waals surface area (Å²) in [5.74, 6) is 0.648. The largest absolute Gasteiger partial charge is 0.381 e. The van der Waals surface area contributed by atoms with Crippen molar-refractivity contribution in [2.45, 2.75) is 50.0 Å². The first-order valence-electron chi connectivity index (χ1n) is 7.35. The predicted molar refractivity (Wildman–Crippen MR) is 84.1 cm³/mol. The fourth-order valence-electron chi connectivity index (χ4n) is 2.84. The average Bonchev–Trinajstić information content (AvgIpc) is 2.62. The molecule has 2 unspecified atom stereocenters. The van der Waals surface area contributed by atoms with Crippen LogP contribution in [0.1, 0.15) is 39.0 Å². The molecule has 1 aromatic rings. The Bertz CT molecular complexity index is 660. The zero-order valence-electron chi connectivity index (χ0n) is 12.5. The Morgan fingerprint density at radius 1 is 1.27 bits per heavy atom. The lowest BCUT2D eigenvalue weighted by atomic mass is 10.0. The molecule has 3 N–H and O–H groups in total. The number of nitro groups is 1. The molecule has 8 heteroatoms. The summed E-state index contributed by atoms with van der Waals surface area (Å²) in [6, 6.07) is 3.69. The molecule has 0 amide bonds. The van der Waals surface area contributed by atoms with Gasteiger partial charge in [-0.2, -0.15) is 0 Å². The summed E-state index contributed by atoms with van der Waals surface area (Å²) in [4.78, 5) is 10.3. The lowest BCUT2D eigenvalue weighted by molar-refractivity contribution is -0.384. The van der Waals surface area contributed by atoms with E-state index < -0.39 is 14.9 Å². The topological polar surface area (TPSA) is 115 Å². The van der Waals surface area contributed by atoms with E-state index in [9.17, 15) is 18.5 Å². The van der Waals surface area contributed by atoms with Crippen LogP contribution in [0.3, 0.4) is 0 Å². The average molecular weight is 327 g/mol. The van der Waals surface area contributed by atoms with Crippen LogP contribution in [-0.4, -0.2) is 19.4 Å². The van der Waals surface area contributed by atoms with Gasteiger partial charge < -0.3 is 5.32 Å². The molecule has 2 rings (SSSR count). The molecule has 0 spiro atoms. The number of benzene rings is 1. The molecule has 0 bridgehead atoms. The van der Waals surface area contributed by atoms with Gasteiger partial charge in [-0.25, -0.2) is 13.6 Å². The Labute approximate surface area is 130 Å². The summed E-state index contributed by atoms with van der Waals surface area (Å²) >= 11 is 0. The summed E-state index contributed by atoms with van der Waals surface area (Å²) in [5.41, 5.74) is 0.0631. The molecule has 122 valence electrons. The van der Waals surface area contributed by atoms with E-state index in [-0.39, 0.29) is 22.3 Å². The first-order valence-corrected chi connectivity index (χ1v) is 8.90. The molecular weight excluding hydrogens is 306 g/mol. The Kier molecular flexibility index (Phi) is 5.02. The van der Waals surface area contributed by atoms with Crippen LogP contribution in [0, 0.1) is 16.0 Å². The Hall–Kier alpha value is -1.67. The Morgan fingerprint density at radius 2 is 2.00 bits per heavy atom. The zero-order valence-corrected chi connectivity index (χ0v) is 13.3. The van der Waals surface area contributed by atoms with Crippen LogP contribution in [0.15, 0.2) is 23.1 Å². The van der Waals surface area contributed by atoms with Crippen molar-refractivity contribution in [3.63, 3.8) is 0 Å². The minimum atomic E-state index is -3.93. The molecule has 0 radical (unpaired) electrons. The van der Waals surface area contributed by atoms with E-state index in [1.165, 1.54) is 12.1 Å². The van der Waals surface area contributed by atoms with E-state index in [0.29, 0.717) is 5.92 Å². The highest BCUT2D eigenvalue weighted by atomic mass is 32.2. The van der Waals surface area contributed by atoms with Crippen LogP contribution in [0.4, 0.5) is 11.4 Å². The van der Waals surface area contributed by atoms with E-state index in [4.69, 9.17) is 5.14 Å². The van der Waals surface area contributed by atoms with Crippen molar-refractivity contribution in [1.29, 1.82) is 0 Å². The molecule has 1 saturated carbocycles. The van der Waals surface area contributed by atoms with Crippen LogP contribution >= 0.6 is 0 Å². The van der Waals surface area contributed by atoms with Crippen molar-refractivity contribution in [3.8, 4) is 0 Å². The van der Waals surface area contributed by atoms with Crippen molar-refractivity contribution < 1.29 is 13.3 Å². The van der Waals surface area contributed by atoms with E-state index in [1.54, 1.807) is 0 Å². The van der Waals surface area contributed by atoms with Crippen LogP contribution in [-0.2, 0) is 10.0 Å². The van der Waals surface area contributed by atoms with Crippen molar-refractivity contribution >= 4 is 21.4 Å². The van der Waals surface area contributed by atoms with Crippen LogP contribution < -0.4 is 10.5 Å². The maximum atomic E-state index is 11.7. The summed E-state index contributed by atoms with van der Waals surface area (Å²) in [6.45, 7) is 2.20. The number of hydrogen-bond donors (Lipinski definition) is 2. The van der Waals surface area contributed by atoms with Gasteiger partial charge in [-0.05, 0) is 31.2 Å². The number of hydrogen-bond acceptors (Lipinski definition) is 5. The molecule has 7 nitrogen and oxygen atoms in total. The molecule has 0 saturated heterocycles. The molecule has 1 fully saturated rings. The number of nitrogens with zero attached hydrogens (tertiary/aromatic N) is 1. The number of anilines is 1. The number of nitro benzene ring substituents is 1. The van der Waals surface area contributed by atoms with Crippen molar-refractivity contribution in [3.05, 3.63) is 28.3 Å². The van der Waals surface area contributed by atoms with Gasteiger partial charge in [0, 0.05) is 18.2 Å². The van der Waals surface area contributed by atoms with Gasteiger partial charge in [0.1, 0.15) is 4.90 Å². The first-order chi connectivity index (χ1) is 10.3. The van der Waals surface area contributed by atoms with Gasteiger partial charge in [-0.1, -0.05) is 19.8 Å². The van der Waals surface area contributed by atoms with Crippen LogP contribution in [0.25, 0.3) is 0 Å². The van der Waals surface area contributed by atoms with Crippen molar-refractivity contribution in [2.24, 2.45) is 11.1 Å². The van der Waals surface area contributed by atoms with Gasteiger partial charge >= 0.3 is 0 Å². The van der Waals surface area contributed by atoms with Gasteiger partial charge in [0.2, 0.25) is 10.0 Å². The lowest BCUT2D eigenvalue weighted by Gasteiger charge is -2.19.